The van der Waals surface area contributed by atoms with Crippen molar-refractivity contribution in [2.45, 2.75) is 10.6 Å². The monoisotopic (exact) mass is 320 g/mol. The van der Waals surface area contributed by atoms with Crippen molar-refractivity contribution in [2.75, 3.05) is 19.8 Å². The zero-order chi connectivity index (χ0) is 15.4. The third-order valence-electron chi connectivity index (χ3n) is 3.01. The van der Waals surface area contributed by atoms with Gasteiger partial charge in [0.1, 0.15) is 0 Å². The number of hydrogen-bond acceptors (Lipinski definition) is 3. The largest absolute Gasteiger partial charge is 0.398 e. The minimum absolute atomic E-state index is 0.0328. The van der Waals surface area contributed by atoms with Crippen LogP contribution in [0.1, 0.15) is 15.9 Å². The smallest absolute Gasteiger partial charge is 0.253 e. The van der Waals surface area contributed by atoms with Crippen molar-refractivity contribution in [3.8, 4) is 0 Å². The standard InChI is InChI=1S/C16H17ClN2OS/c1-19(2)16(20)11-7-8-14(18)15(9-11)21-10-12-5-3-4-6-13(12)17/h3-9H,10,18H2,1-2H3. The van der Waals surface area contributed by atoms with Crippen molar-refractivity contribution in [3.63, 3.8) is 0 Å². The van der Waals surface area contributed by atoms with Gasteiger partial charge in [-0.25, -0.2) is 0 Å². The molecular weight excluding hydrogens is 304 g/mol. The van der Waals surface area contributed by atoms with Gasteiger partial charge >= 0.3 is 0 Å². The SMILES string of the molecule is CN(C)C(=O)c1ccc(N)c(SCc2ccccc2Cl)c1. The molecule has 2 aromatic carbocycles. The van der Waals surface area contributed by atoms with E-state index in [0.29, 0.717) is 17.0 Å². The van der Waals surface area contributed by atoms with Crippen molar-refractivity contribution >= 4 is 35.0 Å². The number of carbonyl (C=O) groups is 1. The molecule has 0 spiro atoms. The van der Waals surface area contributed by atoms with Gasteiger partial charge < -0.3 is 10.6 Å². The number of hydrogen-bond donors (Lipinski definition) is 1. The minimum atomic E-state index is -0.0328. The lowest BCUT2D eigenvalue weighted by Crippen LogP contribution is -2.21. The lowest BCUT2D eigenvalue weighted by atomic mass is 10.2. The topological polar surface area (TPSA) is 46.3 Å². The molecule has 0 radical (unpaired) electrons. The summed E-state index contributed by atoms with van der Waals surface area (Å²) in [5, 5.41) is 0.740. The van der Waals surface area contributed by atoms with Crippen LogP contribution < -0.4 is 5.73 Å². The van der Waals surface area contributed by atoms with E-state index in [1.807, 2.05) is 30.3 Å². The number of nitrogen functional groups attached to an aromatic ring is 1. The molecule has 0 saturated carbocycles. The summed E-state index contributed by atoms with van der Waals surface area (Å²) in [5.74, 6) is 0.679. The average Bonchev–Trinajstić information content (AvgIpc) is 2.47. The first-order valence-electron chi connectivity index (χ1n) is 6.46. The fourth-order valence-electron chi connectivity index (χ4n) is 1.82. The fraction of sp³-hybridized carbons (Fsp3) is 0.188. The predicted molar refractivity (Wildman–Crippen MR) is 89.9 cm³/mol. The van der Waals surface area contributed by atoms with Crippen LogP contribution in [0.4, 0.5) is 5.69 Å². The first-order chi connectivity index (χ1) is 9.99. The molecule has 3 nitrogen and oxygen atoms in total. The molecule has 2 aromatic rings. The second-order valence-corrected chi connectivity index (χ2v) is 6.26. The number of rotatable bonds is 4. The van der Waals surface area contributed by atoms with Crippen LogP contribution in [0, 0.1) is 0 Å². The van der Waals surface area contributed by atoms with Gasteiger partial charge in [-0.15, -0.1) is 11.8 Å². The molecule has 0 aliphatic carbocycles. The lowest BCUT2D eigenvalue weighted by molar-refractivity contribution is 0.0827. The van der Waals surface area contributed by atoms with Crippen LogP contribution >= 0.6 is 23.4 Å². The molecule has 0 atom stereocenters. The molecule has 0 heterocycles. The van der Waals surface area contributed by atoms with Crippen LogP contribution in [-0.2, 0) is 5.75 Å². The Labute approximate surface area is 134 Å². The Hall–Kier alpha value is -1.65. The van der Waals surface area contributed by atoms with Crippen molar-refractivity contribution < 1.29 is 4.79 Å². The number of thioether (sulfide) groups is 1. The molecule has 0 aromatic heterocycles. The first-order valence-corrected chi connectivity index (χ1v) is 7.83. The highest BCUT2D eigenvalue weighted by atomic mass is 35.5. The average molecular weight is 321 g/mol. The summed E-state index contributed by atoms with van der Waals surface area (Å²) in [6.45, 7) is 0. The van der Waals surface area contributed by atoms with E-state index in [0.717, 1.165) is 15.5 Å². The summed E-state index contributed by atoms with van der Waals surface area (Å²) in [5.41, 5.74) is 8.34. The van der Waals surface area contributed by atoms with E-state index >= 15 is 0 Å². The molecule has 0 aliphatic heterocycles. The predicted octanol–water partition coefficient (Wildman–Crippen LogP) is 3.92. The number of halogens is 1. The highest BCUT2D eigenvalue weighted by Gasteiger charge is 2.11. The van der Waals surface area contributed by atoms with Gasteiger partial charge in [-0.2, -0.15) is 0 Å². The minimum Gasteiger partial charge on any atom is -0.398 e. The molecule has 0 fully saturated rings. The Balaban J connectivity index is 2.18. The Kier molecular flexibility index (Phi) is 5.15. The van der Waals surface area contributed by atoms with Crippen molar-refractivity contribution in [3.05, 3.63) is 58.6 Å². The number of carbonyl (C=O) groups excluding carboxylic acids is 1. The van der Waals surface area contributed by atoms with Crippen LogP contribution in [0.25, 0.3) is 0 Å². The molecule has 5 heteroatoms. The Morgan fingerprint density at radius 3 is 2.62 bits per heavy atom. The van der Waals surface area contributed by atoms with Gasteiger partial charge in [-0.1, -0.05) is 29.8 Å². The van der Waals surface area contributed by atoms with Crippen LogP contribution in [-0.4, -0.2) is 24.9 Å². The summed E-state index contributed by atoms with van der Waals surface area (Å²) in [6.07, 6.45) is 0. The molecule has 21 heavy (non-hydrogen) atoms. The van der Waals surface area contributed by atoms with Crippen molar-refractivity contribution in [2.24, 2.45) is 0 Å². The lowest BCUT2D eigenvalue weighted by Gasteiger charge is -2.12. The number of nitrogens with zero attached hydrogens (tertiary/aromatic N) is 1. The van der Waals surface area contributed by atoms with E-state index < -0.39 is 0 Å². The van der Waals surface area contributed by atoms with Crippen LogP contribution in [0.15, 0.2) is 47.4 Å². The van der Waals surface area contributed by atoms with E-state index in [1.54, 1.807) is 42.9 Å². The Morgan fingerprint density at radius 1 is 1.24 bits per heavy atom. The zero-order valence-corrected chi connectivity index (χ0v) is 13.5. The van der Waals surface area contributed by atoms with E-state index in [9.17, 15) is 4.79 Å². The number of amides is 1. The third-order valence-corrected chi connectivity index (χ3v) is 4.50. The summed E-state index contributed by atoms with van der Waals surface area (Å²) in [7, 11) is 3.46. The van der Waals surface area contributed by atoms with Gasteiger partial charge in [0, 0.05) is 41.0 Å². The molecule has 0 bridgehead atoms. The summed E-state index contributed by atoms with van der Waals surface area (Å²) in [6, 6.07) is 13.1. The maximum absolute atomic E-state index is 12.0. The second-order valence-electron chi connectivity index (χ2n) is 4.83. The molecular formula is C16H17ClN2OS. The molecule has 2 N–H and O–H groups in total. The van der Waals surface area contributed by atoms with Crippen molar-refractivity contribution in [1.82, 2.24) is 4.90 Å². The Morgan fingerprint density at radius 2 is 1.95 bits per heavy atom. The van der Waals surface area contributed by atoms with E-state index in [-0.39, 0.29) is 5.91 Å². The van der Waals surface area contributed by atoms with Gasteiger partial charge in [0.25, 0.3) is 5.91 Å². The fourth-order valence-corrected chi connectivity index (χ4v) is 3.11. The van der Waals surface area contributed by atoms with Gasteiger partial charge in [0.05, 0.1) is 0 Å². The number of benzene rings is 2. The third kappa shape index (κ3) is 3.93. The summed E-state index contributed by atoms with van der Waals surface area (Å²) < 4.78 is 0. The van der Waals surface area contributed by atoms with Crippen molar-refractivity contribution in [1.29, 1.82) is 0 Å². The molecule has 0 aliphatic rings. The molecule has 0 unspecified atom stereocenters. The highest BCUT2D eigenvalue weighted by molar-refractivity contribution is 7.98. The summed E-state index contributed by atoms with van der Waals surface area (Å²) in [4.78, 5) is 14.4. The molecule has 0 saturated heterocycles. The van der Waals surface area contributed by atoms with E-state index in [1.165, 1.54) is 0 Å². The van der Waals surface area contributed by atoms with Gasteiger partial charge in [0.2, 0.25) is 0 Å². The van der Waals surface area contributed by atoms with E-state index in [4.69, 9.17) is 17.3 Å². The van der Waals surface area contributed by atoms with Crippen LogP contribution in [0.2, 0.25) is 5.02 Å². The molecule has 1 amide bonds. The van der Waals surface area contributed by atoms with Gasteiger partial charge in [0.15, 0.2) is 0 Å². The maximum atomic E-state index is 12.0. The van der Waals surface area contributed by atoms with Gasteiger partial charge in [-0.05, 0) is 29.8 Å². The number of anilines is 1. The van der Waals surface area contributed by atoms with Gasteiger partial charge in [-0.3, -0.25) is 4.79 Å². The van der Waals surface area contributed by atoms with Crippen LogP contribution in [0.3, 0.4) is 0 Å². The zero-order valence-electron chi connectivity index (χ0n) is 12.0. The van der Waals surface area contributed by atoms with E-state index in [2.05, 4.69) is 0 Å². The highest BCUT2D eigenvalue weighted by Crippen LogP contribution is 2.31. The molecule has 2 rings (SSSR count). The quantitative estimate of drug-likeness (QED) is 0.686. The Bertz CT molecular complexity index is 658. The normalized spacial score (nSPS) is 10.4. The molecule has 110 valence electrons. The van der Waals surface area contributed by atoms with Crippen LogP contribution in [0.5, 0.6) is 0 Å². The maximum Gasteiger partial charge on any atom is 0.253 e. The summed E-state index contributed by atoms with van der Waals surface area (Å²) >= 11 is 7.73. The first kappa shape index (κ1) is 15.7. The second kappa shape index (κ2) is 6.87. The number of nitrogens with two attached hydrogens (primary N) is 1.